The highest BCUT2D eigenvalue weighted by Gasteiger charge is 2.50. The van der Waals surface area contributed by atoms with Crippen LogP contribution in [0.1, 0.15) is 73.1 Å². The van der Waals surface area contributed by atoms with Crippen molar-refractivity contribution in [3.05, 3.63) is 0 Å². The molecule has 1 fully saturated rings. The molecule has 1 rings (SSSR count). The SMILES string of the molecule is [B]C(C)C1NC1(C)CC(CC)CCC(CC)CC. The summed E-state index contributed by atoms with van der Waals surface area (Å²) in [5.74, 6) is 2.08. The first-order valence-electron chi connectivity index (χ1n) is 8.00. The second-order valence-electron chi connectivity index (χ2n) is 6.64. The molecular weight excluding hydrogens is 217 g/mol. The zero-order valence-corrected chi connectivity index (χ0v) is 13.1. The Balaban J connectivity index is 2.34. The normalized spacial score (nSPS) is 30.4. The Morgan fingerprint density at radius 3 is 1.94 bits per heavy atom. The van der Waals surface area contributed by atoms with Crippen LogP contribution >= 0.6 is 0 Å². The van der Waals surface area contributed by atoms with E-state index in [1.807, 2.05) is 0 Å². The van der Waals surface area contributed by atoms with Crippen LogP contribution < -0.4 is 5.32 Å². The monoisotopic (exact) mass is 249 g/mol. The molecule has 0 aromatic heterocycles. The molecule has 0 amide bonds. The third-order valence-electron chi connectivity index (χ3n) is 5.04. The topological polar surface area (TPSA) is 21.9 Å². The minimum atomic E-state index is 0.284. The summed E-state index contributed by atoms with van der Waals surface area (Å²) in [7, 11) is 5.99. The van der Waals surface area contributed by atoms with E-state index in [-0.39, 0.29) is 5.82 Å². The van der Waals surface area contributed by atoms with Crippen molar-refractivity contribution < 1.29 is 0 Å². The molecule has 1 heterocycles. The molecule has 1 aliphatic heterocycles. The molecule has 2 radical (unpaired) electrons. The highest BCUT2D eigenvalue weighted by Crippen LogP contribution is 2.40. The Kier molecular flexibility index (Phi) is 6.24. The van der Waals surface area contributed by atoms with Gasteiger partial charge in [0, 0.05) is 11.6 Å². The van der Waals surface area contributed by atoms with Crippen molar-refractivity contribution in [2.45, 2.75) is 90.5 Å². The standard InChI is InChI=1S/C16H32BN/c1-6-13(7-2)9-10-14(8-3)11-16(5)15(18-16)12(4)17/h12-15,18H,6-11H2,1-5H3. The Morgan fingerprint density at radius 1 is 1.06 bits per heavy atom. The average molecular weight is 249 g/mol. The van der Waals surface area contributed by atoms with Gasteiger partial charge in [0.25, 0.3) is 0 Å². The molecule has 4 unspecified atom stereocenters. The summed E-state index contributed by atoms with van der Waals surface area (Å²) < 4.78 is 0. The van der Waals surface area contributed by atoms with E-state index in [1.165, 1.54) is 38.5 Å². The molecule has 0 aliphatic carbocycles. The van der Waals surface area contributed by atoms with Crippen LogP contribution in [0.25, 0.3) is 0 Å². The maximum atomic E-state index is 5.99. The largest absolute Gasteiger partial charge is 0.306 e. The minimum absolute atomic E-state index is 0.284. The van der Waals surface area contributed by atoms with Gasteiger partial charge in [-0.2, -0.15) is 0 Å². The Labute approximate surface area is 116 Å². The van der Waals surface area contributed by atoms with E-state index < -0.39 is 0 Å². The molecular formula is C16H32BN. The molecule has 1 aliphatic rings. The van der Waals surface area contributed by atoms with Crippen molar-refractivity contribution in [3.8, 4) is 0 Å². The molecule has 4 atom stereocenters. The lowest BCUT2D eigenvalue weighted by atomic mass is 9.78. The van der Waals surface area contributed by atoms with E-state index in [1.54, 1.807) is 0 Å². The first-order chi connectivity index (χ1) is 8.46. The molecule has 1 N–H and O–H groups in total. The van der Waals surface area contributed by atoms with Crippen LogP contribution in [0, 0.1) is 11.8 Å². The van der Waals surface area contributed by atoms with Crippen molar-refractivity contribution in [2.24, 2.45) is 11.8 Å². The summed E-state index contributed by atoms with van der Waals surface area (Å²) >= 11 is 0. The van der Waals surface area contributed by atoms with Gasteiger partial charge in [-0.05, 0) is 25.2 Å². The molecule has 0 aromatic carbocycles. The van der Waals surface area contributed by atoms with Crippen molar-refractivity contribution in [1.82, 2.24) is 5.32 Å². The van der Waals surface area contributed by atoms with E-state index in [0.717, 1.165) is 11.8 Å². The van der Waals surface area contributed by atoms with E-state index >= 15 is 0 Å². The first kappa shape index (κ1) is 16.1. The highest BCUT2D eigenvalue weighted by atomic mass is 15.2. The van der Waals surface area contributed by atoms with E-state index in [9.17, 15) is 0 Å². The second kappa shape index (κ2) is 6.98. The fourth-order valence-electron chi connectivity index (χ4n) is 3.43. The van der Waals surface area contributed by atoms with Crippen LogP contribution in [0.4, 0.5) is 0 Å². The van der Waals surface area contributed by atoms with Crippen molar-refractivity contribution in [1.29, 1.82) is 0 Å². The van der Waals surface area contributed by atoms with Crippen molar-refractivity contribution in [2.75, 3.05) is 0 Å². The smallest absolute Gasteiger partial charge is 0.0717 e. The lowest BCUT2D eigenvalue weighted by molar-refractivity contribution is 0.330. The van der Waals surface area contributed by atoms with Gasteiger partial charge in [0.2, 0.25) is 0 Å². The van der Waals surface area contributed by atoms with Gasteiger partial charge in [-0.1, -0.05) is 65.6 Å². The quantitative estimate of drug-likeness (QED) is 0.477. The average Bonchev–Trinajstić information content (AvgIpc) is 3.01. The predicted octanol–water partition coefficient (Wildman–Crippen LogP) is 4.33. The van der Waals surface area contributed by atoms with Gasteiger partial charge in [-0.3, -0.25) is 0 Å². The molecule has 0 spiro atoms. The molecule has 1 saturated heterocycles. The fourth-order valence-corrected chi connectivity index (χ4v) is 3.43. The second-order valence-corrected chi connectivity index (χ2v) is 6.64. The van der Waals surface area contributed by atoms with Gasteiger partial charge >= 0.3 is 0 Å². The molecule has 18 heavy (non-hydrogen) atoms. The van der Waals surface area contributed by atoms with Gasteiger partial charge in [-0.25, -0.2) is 0 Å². The zero-order valence-electron chi connectivity index (χ0n) is 13.1. The summed E-state index contributed by atoms with van der Waals surface area (Å²) in [6.07, 6.45) is 8.09. The van der Waals surface area contributed by atoms with E-state index in [4.69, 9.17) is 7.85 Å². The summed E-state index contributed by atoms with van der Waals surface area (Å²) in [6.45, 7) is 11.5. The maximum Gasteiger partial charge on any atom is 0.0717 e. The Bertz CT molecular complexity index is 237. The van der Waals surface area contributed by atoms with Gasteiger partial charge in [0.1, 0.15) is 0 Å². The van der Waals surface area contributed by atoms with Crippen LogP contribution in [0.5, 0.6) is 0 Å². The lowest BCUT2D eigenvalue weighted by Crippen LogP contribution is -2.19. The zero-order chi connectivity index (χ0) is 13.8. The summed E-state index contributed by atoms with van der Waals surface area (Å²) in [5.41, 5.74) is 0.322. The molecule has 0 bridgehead atoms. The fraction of sp³-hybridized carbons (Fsp3) is 1.00. The highest BCUT2D eigenvalue weighted by molar-refractivity contribution is 6.12. The number of hydrogen-bond donors (Lipinski definition) is 1. The number of nitrogens with one attached hydrogen (secondary N) is 1. The van der Waals surface area contributed by atoms with Crippen LogP contribution in [0.3, 0.4) is 0 Å². The van der Waals surface area contributed by atoms with Crippen LogP contribution in [0.15, 0.2) is 0 Å². The molecule has 0 saturated carbocycles. The first-order valence-corrected chi connectivity index (χ1v) is 8.00. The maximum absolute atomic E-state index is 5.99. The molecule has 104 valence electrons. The molecule has 0 aromatic rings. The summed E-state index contributed by atoms with van der Waals surface area (Å²) in [6, 6.07) is 0.541. The third kappa shape index (κ3) is 4.29. The van der Waals surface area contributed by atoms with Crippen LogP contribution in [-0.4, -0.2) is 19.4 Å². The van der Waals surface area contributed by atoms with Gasteiger partial charge in [0.05, 0.1) is 7.85 Å². The minimum Gasteiger partial charge on any atom is -0.306 e. The van der Waals surface area contributed by atoms with E-state index in [0.29, 0.717) is 11.6 Å². The van der Waals surface area contributed by atoms with Gasteiger partial charge < -0.3 is 5.32 Å². The van der Waals surface area contributed by atoms with Crippen LogP contribution in [-0.2, 0) is 0 Å². The van der Waals surface area contributed by atoms with Crippen molar-refractivity contribution in [3.63, 3.8) is 0 Å². The van der Waals surface area contributed by atoms with E-state index in [2.05, 4.69) is 39.9 Å². The Morgan fingerprint density at radius 2 is 1.56 bits per heavy atom. The summed E-state index contributed by atoms with van der Waals surface area (Å²) in [4.78, 5) is 0. The molecule has 2 heteroatoms. The Hall–Kier alpha value is 0.0249. The predicted molar refractivity (Wildman–Crippen MR) is 82.2 cm³/mol. The number of hydrogen-bond acceptors (Lipinski definition) is 1. The van der Waals surface area contributed by atoms with Gasteiger partial charge in [0.15, 0.2) is 0 Å². The van der Waals surface area contributed by atoms with Crippen molar-refractivity contribution >= 4 is 7.85 Å². The molecule has 1 nitrogen and oxygen atoms in total. The number of rotatable bonds is 9. The third-order valence-corrected chi connectivity index (χ3v) is 5.04. The lowest BCUT2D eigenvalue weighted by Gasteiger charge is -2.22. The van der Waals surface area contributed by atoms with Crippen LogP contribution in [0.2, 0.25) is 5.82 Å². The van der Waals surface area contributed by atoms with Gasteiger partial charge in [-0.15, -0.1) is 0 Å². The summed E-state index contributed by atoms with van der Waals surface area (Å²) in [5, 5.41) is 3.60.